The summed E-state index contributed by atoms with van der Waals surface area (Å²) >= 11 is 0. The van der Waals surface area contributed by atoms with Gasteiger partial charge < -0.3 is 15.6 Å². The Bertz CT molecular complexity index is 553. The van der Waals surface area contributed by atoms with Gasteiger partial charge >= 0.3 is 0 Å². The van der Waals surface area contributed by atoms with Crippen LogP contribution >= 0.6 is 0 Å². The Morgan fingerprint density at radius 2 is 2.00 bits per heavy atom. The van der Waals surface area contributed by atoms with Crippen LogP contribution in [-0.2, 0) is 10.0 Å². The van der Waals surface area contributed by atoms with Gasteiger partial charge in [-0.2, -0.15) is 0 Å². The Morgan fingerprint density at radius 1 is 1.42 bits per heavy atom. The van der Waals surface area contributed by atoms with Gasteiger partial charge in [-0.1, -0.05) is 0 Å². The van der Waals surface area contributed by atoms with Crippen molar-refractivity contribution in [2.45, 2.75) is 37.3 Å². The number of sulfonamides is 1. The number of nitrogens with one attached hydrogen (secondary N) is 1. The first-order chi connectivity index (χ1) is 8.60. The van der Waals surface area contributed by atoms with E-state index in [9.17, 15) is 13.5 Å². The predicted octanol–water partition coefficient (Wildman–Crippen LogP) is 0.715. The smallest absolute Gasteiger partial charge is 0.244 e. The number of nitrogens with two attached hydrogens (primary N) is 1. The summed E-state index contributed by atoms with van der Waals surface area (Å²) in [6.45, 7) is 4.71. The quantitative estimate of drug-likeness (QED) is 0.693. The van der Waals surface area contributed by atoms with Crippen LogP contribution in [0.1, 0.15) is 20.8 Å². The van der Waals surface area contributed by atoms with Crippen molar-refractivity contribution in [1.82, 2.24) is 4.72 Å². The zero-order valence-corrected chi connectivity index (χ0v) is 12.3. The van der Waals surface area contributed by atoms with Gasteiger partial charge in [0, 0.05) is 11.8 Å². The molecule has 108 valence electrons. The van der Waals surface area contributed by atoms with Gasteiger partial charge in [0.05, 0.1) is 18.8 Å². The number of anilines is 1. The number of nitrogen functional groups attached to an aromatic ring is 1. The molecule has 4 N–H and O–H groups in total. The second-order valence-electron chi connectivity index (χ2n) is 4.91. The van der Waals surface area contributed by atoms with E-state index < -0.39 is 21.7 Å². The molecule has 0 saturated heterocycles. The van der Waals surface area contributed by atoms with Crippen molar-refractivity contribution in [2.24, 2.45) is 0 Å². The zero-order chi connectivity index (χ0) is 14.8. The SMILES string of the molecule is COc1cc(N)ccc1S(=O)(=O)NC(C)(C)C(C)O. The maximum Gasteiger partial charge on any atom is 0.244 e. The van der Waals surface area contributed by atoms with Crippen LogP contribution in [0.4, 0.5) is 5.69 Å². The maximum atomic E-state index is 12.3. The summed E-state index contributed by atoms with van der Waals surface area (Å²) in [6.07, 6.45) is -0.845. The van der Waals surface area contributed by atoms with Crippen molar-refractivity contribution in [1.29, 1.82) is 0 Å². The lowest BCUT2D eigenvalue weighted by Gasteiger charge is -2.29. The van der Waals surface area contributed by atoms with Crippen LogP contribution < -0.4 is 15.2 Å². The Hall–Kier alpha value is -1.31. The van der Waals surface area contributed by atoms with Crippen LogP contribution in [0.2, 0.25) is 0 Å². The van der Waals surface area contributed by atoms with Crippen LogP contribution in [0.25, 0.3) is 0 Å². The molecule has 1 rings (SSSR count). The minimum Gasteiger partial charge on any atom is -0.495 e. The fourth-order valence-electron chi connectivity index (χ4n) is 1.39. The molecule has 1 aromatic rings. The molecule has 19 heavy (non-hydrogen) atoms. The Labute approximate surface area is 113 Å². The van der Waals surface area contributed by atoms with Crippen molar-refractivity contribution in [3.63, 3.8) is 0 Å². The number of methoxy groups -OCH3 is 1. The normalized spacial score (nSPS) is 14.2. The van der Waals surface area contributed by atoms with E-state index in [1.807, 2.05) is 0 Å². The molecular weight excluding hydrogens is 268 g/mol. The van der Waals surface area contributed by atoms with E-state index in [-0.39, 0.29) is 10.6 Å². The van der Waals surface area contributed by atoms with Crippen LogP contribution in [0.3, 0.4) is 0 Å². The molecule has 1 unspecified atom stereocenters. The second kappa shape index (κ2) is 5.36. The van der Waals surface area contributed by atoms with Crippen LogP contribution in [0, 0.1) is 0 Å². The highest BCUT2D eigenvalue weighted by molar-refractivity contribution is 7.89. The van der Waals surface area contributed by atoms with Gasteiger partial charge in [-0.25, -0.2) is 13.1 Å². The lowest BCUT2D eigenvalue weighted by molar-refractivity contribution is 0.111. The van der Waals surface area contributed by atoms with Crippen molar-refractivity contribution in [2.75, 3.05) is 12.8 Å². The molecule has 0 spiro atoms. The first-order valence-electron chi connectivity index (χ1n) is 5.75. The van der Waals surface area contributed by atoms with E-state index in [0.717, 1.165) is 0 Å². The molecule has 1 aromatic carbocycles. The fraction of sp³-hybridized carbons (Fsp3) is 0.500. The molecule has 0 radical (unpaired) electrons. The largest absolute Gasteiger partial charge is 0.495 e. The summed E-state index contributed by atoms with van der Waals surface area (Å²) in [7, 11) is -2.44. The molecule has 0 aromatic heterocycles. The highest BCUT2D eigenvalue weighted by atomic mass is 32.2. The van der Waals surface area contributed by atoms with Gasteiger partial charge in [0.2, 0.25) is 10.0 Å². The van der Waals surface area contributed by atoms with Crippen LogP contribution in [-0.4, -0.2) is 32.3 Å². The third-order valence-corrected chi connectivity index (χ3v) is 4.63. The van der Waals surface area contributed by atoms with E-state index >= 15 is 0 Å². The number of hydrogen-bond acceptors (Lipinski definition) is 5. The van der Waals surface area contributed by atoms with Crippen LogP contribution in [0.5, 0.6) is 5.75 Å². The van der Waals surface area contributed by atoms with E-state index in [1.54, 1.807) is 13.8 Å². The van der Waals surface area contributed by atoms with Crippen molar-refractivity contribution >= 4 is 15.7 Å². The first kappa shape index (κ1) is 15.7. The summed E-state index contributed by atoms with van der Waals surface area (Å²) in [6, 6.07) is 4.28. The monoisotopic (exact) mass is 288 g/mol. The minimum atomic E-state index is -3.81. The molecule has 1 atom stereocenters. The summed E-state index contributed by atoms with van der Waals surface area (Å²) in [5.74, 6) is 0.161. The average molecular weight is 288 g/mol. The number of rotatable bonds is 5. The van der Waals surface area contributed by atoms with E-state index in [1.165, 1.54) is 32.2 Å². The third kappa shape index (κ3) is 3.59. The highest BCUT2D eigenvalue weighted by Crippen LogP contribution is 2.27. The van der Waals surface area contributed by atoms with Crippen LogP contribution in [0.15, 0.2) is 23.1 Å². The van der Waals surface area contributed by atoms with Gasteiger partial charge in [-0.15, -0.1) is 0 Å². The van der Waals surface area contributed by atoms with Crippen molar-refractivity contribution < 1.29 is 18.3 Å². The van der Waals surface area contributed by atoms with E-state index in [0.29, 0.717) is 5.69 Å². The lowest BCUT2D eigenvalue weighted by atomic mass is 10.0. The average Bonchev–Trinajstić information content (AvgIpc) is 2.26. The molecule has 7 heteroatoms. The number of aliphatic hydroxyl groups is 1. The van der Waals surface area contributed by atoms with Gasteiger partial charge in [-0.3, -0.25) is 0 Å². The summed E-state index contributed by atoms with van der Waals surface area (Å²) in [4.78, 5) is -0.0158. The number of ether oxygens (including phenoxy) is 1. The molecule has 0 heterocycles. The fourth-order valence-corrected chi connectivity index (χ4v) is 3.02. The molecule has 0 bridgehead atoms. The molecule has 0 saturated carbocycles. The summed E-state index contributed by atoms with van der Waals surface area (Å²) < 4.78 is 32.1. The second-order valence-corrected chi connectivity index (χ2v) is 6.56. The Morgan fingerprint density at radius 3 is 2.47 bits per heavy atom. The van der Waals surface area contributed by atoms with E-state index in [4.69, 9.17) is 10.5 Å². The summed E-state index contributed by atoms with van der Waals surface area (Å²) in [5, 5.41) is 9.58. The third-order valence-electron chi connectivity index (χ3n) is 2.92. The molecule has 0 aliphatic carbocycles. The molecule has 0 aliphatic heterocycles. The number of hydrogen-bond donors (Lipinski definition) is 3. The Balaban J connectivity index is 3.22. The molecular formula is C12H20N2O4S. The molecule has 0 fully saturated rings. The standard InChI is InChI=1S/C12H20N2O4S/c1-8(15)12(2,3)14-19(16,17)11-6-5-9(13)7-10(11)18-4/h5-8,14-15H,13H2,1-4H3. The van der Waals surface area contributed by atoms with Gasteiger partial charge in [0.15, 0.2) is 0 Å². The number of aliphatic hydroxyl groups excluding tert-OH is 1. The van der Waals surface area contributed by atoms with Crippen molar-refractivity contribution in [3.8, 4) is 5.75 Å². The lowest BCUT2D eigenvalue weighted by Crippen LogP contribution is -2.50. The van der Waals surface area contributed by atoms with Crippen molar-refractivity contribution in [3.05, 3.63) is 18.2 Å². The predicted molar refractivity (Wildman–Crippen MR) is 73.5 cm³/mol. The van der Waals surface area contributed by atoms with Gasteiger partial charge in [0.1, 0.15) is 10.6 Å². The highest BCUT2D eigenvalue weighted by Gasteiger charge is 2.32. The van der Waals surface area contributed by atoms with E-state index in [2.05, 4.69) is 4.72 Å². The van der Waals surface area contributed by atoms with Gasteiger partial charge in [-0.05, 0) is 32.9 Å². The minimum absolute atomic E-state index is 0.0158. The number of benzene rings is 1. The molecule has 0 amide bonds. The van der Waals surface area contributed by atoms with Gasteiger partial charge in [0.25, 0.3) is 0 Å². The molecule has 0 aliphatic rings. The zero-order valence-electron chi connectivity index (χ0n) is 11.5. The first-order valence-corrected chi connectivity index (χ1v) is 7.24. The summed E-state index contributed by atoms with van der Waals surface area (Å²) in [5.41, 5.74) is 5.00. The molecule has 6 nitrogen and oxygen atoms in total. The Kier molecular flexibility index (Phi) is 4.44. The maximum absolute atomic E-state index is 12.3. The topological polar surface area (TPSA) is 102 Å².